The van der Waals surface area contributed by atoms with Gasteiger partial charge in [0.1, 0.15) is 0 Å². The molecule has 2 aromatic rings. The molecule has 0 aromatic heterocycles. The first-order valence-electron chi connectivity index (χ1n) is 5.44. The number of carbonyl (C=O) groups is 1. The Morgan fingerprint density at radius 1 is 1.17 bits per heavy atom. The molecule has 2 rings (SSSR count). The molecule has 2 aromatic carbocycles. The van der Waals surface area contributed by atoms with Crippen LogP contribution in [0.5, 0.6) is 0 Å². The number of hydrogen-bond donors (Lipinski definition) is 1. The molecule has 0 atom stereocenters. The van der Waals surface area contributed by atoms with E-state index in [1.165, 1.54) is 0 Å². The number of rotatable bonds is 3. The van der Waals surface area contributed by atoms with Crippen LogP contribution in [0.4, 0.5) is 0 Å². The van der Waals surface area contributed by atoms with Crippen LogP contribution in [-0.4, -0.2) is 5.91 Å². The van der Waals surface area contributed by atoms with Crippen molar-refractivity contribution in [2.45, 2.75) is 6.54 Å². The number of halogens is 2. The van der Waals surface area contributed by atoms with E-state index in [-0.39, 0.29) is 5.91 Å². The Hall–Kier alpha value is -1.32. The van der Waals surface area contributed by atoms with E-state index in [4.69, 9.17) is 11.6 Å². The lowest BCUT2D eigenvalue weighted by molar-refractivity contribution is 0.0950. The third kappa shape index (κ3) is 3.34. The summed E-state index contributed by atoms with van der Waals surface area (Å²) in [6, 6.07) is 14.7. The minimum atomic E-state index is -0.109. The average molecular weight is 325 g/mol. The summed E-state index contributed by atoms with van der Waals surface area (Å²) in [5.74, 6) is -0.109. The molecule has 0 saturated heterocycles. The molecule has 0 bridgehead atoms. The van der Waals surface area contributed by atoms with Crippen molar-refractivity contribution >= 4 is 33.4 Å². The predicted molar refractivity (Wildman–Crippen MR) is 76.8 cm³/mol. The molecule has 0 radical (unpaired) electrons. The standard InChI is InChI=1S/C14H11BrClNO/c15-13-7-2-1-6-12(13)14(18)17-9-10-4-3-5-11(16)8-10/h1-8H,9H2,(H,17,18). The van der Waals surface area contributed by atoms with Crippen LogP contribution in [0.25, 0.3) is 0 Å². The minimum absolute atomic E-state index is 0.109. The Kier molecular flexibility index (Phi) is 4.39. The minimum Gasteiger partial charge on any atom is -0.348 e. The topological polar surface area (TPSA) is 29.1 Å². The molecule has 0 heterocycles. The highest BCUT2D eigenvalue weighted by atomic mass is 79.9. The summed E-state index contributed by atoms with van der Waals surface area (Å²) < 4.78 is 0.786. The zero-order chi connectivity index (χ0) is 13.0. The van der Waals surface area contributed by atoms with E-state index in [9.17, 15) is 4.79 Å². The average Bonchev–Trinajstić information content (AvgIpc) is 2.37. The molecule has 4 heteroatoms. The van der Waals surface area contributed by atoms with Crippen LogP contribution < -0.4 is 5.32 Å². The van der Waals surface area contributed by atoms with Gasteiger partial charge in [-0.2, -0.15) is 0 Å². The van der Waals surface area contributed by atoms with E-state index in [1.54, 1.807) is 12.1 Å². The van der Waals surface area contributed by atoms with Gasteiger partial charge in [-0.3, -0.25) is 4.79 Å². The molecule has 18 heavy (non-hydrogen) atoms. The molecule has 92 valence electrons. The highest BCUT2D eigenvalue weighted by Gasteiger charge is 2.08. The number of amides is 1. The summed E-state index contributed by atoms with van der Waals surface area (Å²) in [4.78, 5) is 11.9. The van der Waals surface area contributed by atoms with Crippen molar-refractivity contribution in [3.63, 3.8) is 0 Å². The summed E-state index contributed by atoms with van der Waals surface area (Å²) in [6.07, 6.45) is 0. The van der Waals surface area contributed by atoms with Crippen LogP contribution >= 0.6 is 27.5 Å². The van der Waals surface area contributed by atoms with Gasteiger partial charge in [-0.15, -0.1) is 0 Å². The van der Waals surface area contributed by atoms with Crippen LogP contribution in [0, 0.1) is 0 Å². The summed E-state index contributed by atoms with van der Waals surface area (Å²) in [7, 11) is 0. The van der Waals surface area contributed by atoms with Gasteiger partial charge in [-0.05, 0) is 45.8 Å². The molecule has 0 aliphatic carbocycles. The third-order valence-electron chi connectivity index (χ3n) is 2.46. The van der Waals surface area contributed by atoms with Crippen LogP contribution in [0.1, 0.15) is 15.9 Å². The van der Waals surface area contributed by atoms with Gasteiger partial charge in [0, 0.05) is 16.0 Å². The molecular formula is C14H11BrClNO. The van der Waals surface area contributed by atoms with Crippen molar-refractivity contribution in [2.75, 3.05) is 0 Å². The van der Waals surface area contributed by atoms with Gasteiger partial charge in [0.15, 0.2) is 0 Å². The van der Waals surface area contributed by atoms with Crippen LogP contribution in [0.3, 0.4) is 0 Å². The van der Waals surface area contributed by atoms with Crippen molar-refractivity contribution in [1.82, 2.24) is 5.32 Å². The fourth-order valence-corrected chi connectivity index (χ4v) is 2.25. The Balaban J connectivity index is 2.03. The highest BCUT2D eigenvalue weighted by Crippen LogP contribution is 2.16. The third-order valence-corrected chi connectivity index (χ3v) is 3.39. The first kappa shape index (κ1) is 13.1. The Bertz CT molecular complexity index is 571. The lowest BCUT2D eigenvalue weighted by Crippen LogP contribution is -2.23. The van der Waals surface area contributed by atoms with Gasteiger partial charge in [0.25, 0.3) is 5.91 Å². The highest BCUT2D eigenvalue weighted by molar-refractivity contribution is 9.10. The molecule has 0 aliphatic rings. The Morgan fingerprint density at radius 3 is 2.67 bits per heavy atom. The van der Waals surface area contributed by atoms with Gasteiger partial charge < -0.3 is 5.32 Å². The van der Waals surface area contributed by atoms with E-state index in [0.29, 0.717) is 17.1 Å². The fraction of sp³-hybridized carbons (Fsp3) is 0.0714. The Labute approximate surface area is 119 Å². The smallest absolute Gasteiger partial charge is 0.252 e. The molecule has 0 aliphatic heterocycles. The second kappa shape index (κ2) is 6.03. The van der Waals surface area contributed by atoms with Gasteiger partial charge in [-0.1, -0.05) is 35.9 Å². The summed E-state index contributed by atoms with van der Waals surface area (Å²) in [6.45, 7) is 0.459. The second-order valence-corrected chi connectivity index (χ2v) is 5.08. The maximum absolute atomic E-state index is 11.9. The Morgan fingerprint density at radius 2 is 1.94 bits per heavy atom. The van der Waals surface area contributed by atoms with Gasteiger partial charge >= 0.3 is 0 Å². The number of benzene rings is 2. The molecule has 0 spiro atoms. The predicted octanol–water partition coefficient (Wildman–Crippen LogP) is 4.03. The number of nitrogens with one attached hydrogen (secondary N) is 1. The molecule has 0 fully saturated rings. The van der Waals surface area contributed by atoms with Gasteiger partial charge in [-0.25, -0.2) is 0 Å². The summed E-state index contributed by atoms with van der Waals surface area (Å²) in [5.41, 5.74) is 1.60. The lowest BCUT2D eigenvalue weighted by atomic mass is 10.2. The van der Waals surface area contributed by atoms with Crippen molar-refractivity contribution in [2.24, 2.45) is 0 Å². The van der Waals surface area contributed by atoms with Crippen LogP contribution in [-0.2, 0) is 6.54 Å². The van der Waals surface area contributed by atoms with Gasteiger partial charge in [0.05, 0.1) is 5.56 Å². The van der Waals surface area contributed by atoms with Gasteiger partial charge in [0.2, 0.25) is 0 Å². The fourth-order valence-electron chi connectivity index (χ4n) is 1.57. The van der Waals surface area contributed by atoms with Crippen molar-refractivity contribution in [3.8, 4) is 0 Å². The van der Waals surface area contributed by atoms with E-state index < -0.39 is 0 Å². The van der Waals surface area contributed by atoms with Crippen LogP contribution in [0.15, 0.2) is 53.0 Å². The maximum atomic E-state index is 11.9. The quantitative estimate of drug-likeness (QED) is 0.907. The summed E-state index contributed by atoms with van der Waals surface area (Å²) >= 11 is 9.23. The number of carbonyl (C=O) groups excluding carboxylic acids is 1. The van der Waals surface area contributed by atoms with Crippen LogP contribution in [0.2, 0.25) is 5.02 Å². The summed E-state index contributed by atoms with van der Waals surface area (Å²) in [5, 5.41) is 3.52. The molecule has 0 saturated carbocycles. The molecule has 1 N–H and O–H groups in total. The molecule has 1 amide bonds. The van der Waals surface area contributed by atoms with Crippen molar-refractivity contribution < 1.29 is 4.79 Å². The zero-order valence-electron chi connectivity index (χ0n) is 9.49. The monoisotopic (exact) mass is 323 g/mol. The van der Waals surface area contributed by atoms with Crippen molar-refractivity contribution in [3.05, 3.63) is 69.2 Å². The largest absolute Gasteiger partial charge is 0.348 e. The first-order valence-corrected chi connectivity index (χ1v) is 6.61. The maximum Gasteiger partial charge on any atom is 0.252 e. The number of hydrogen-bond acceptors (Lipinski definition) is 1. The van der Waals surface area contributed by atoms with E-state index in [2.05, 4.69) is 21.2 Å². The zero-order valence-corrected chi connectivity index (χ0v) is 11.8. The molecule has 0 unspecified atom stereocenters. The normalized spacial score (nSPS) is 10.1. The molecular weight excluding hydrogens is 314 g/mol. The van der Waals surface area contributed by atoms with E-state index in [1.807, 2.05) is 36.4 Å². The van der Waals surface area contributed by atoms with E-state index >= 15 is 0 Å². The second-order valence-electron chi connectivity index (χ2n) is 3.79. The molecule has 2 nitrogen and oxygen atoms in total. The van der Waals surface area contributed by atoms with Crippen molar-refractivity contribution in [1.29, 1.82) is 0 Å². The van der Waals surface area contributed by atoms with E-state index in [0.717, 1.165) is 10.0 Å². The SMILES string of the molecule is O=C(NCc1cccc(Cl)c1)c1ccccc1Br. The lowest BCUT2D eigenvalue weighted by Gasteiger charge is -2.07. The first-order chi connectivity index (χ1) is 8.66.